The van der Waals surface area contributed by atoms with Crippen LogP contribution in [-0.4, -0.2) is 37.2 Å². The lowest BCUT2D eigenvalue weighted by Gasteiger charge is -2.17. The molecular weight excluding hydrogens is 246 g/mol. The summed E-state index contributed by atoms with van der Waals surface area (Å²) in [6.07, 6.45) is 0.357. The number of hydrogen-bond acceptors (Lipinski definition) is 3. The zero-order valence-electron chi connectivity index (χ0n) is 10.8. The number of fused-ring (bicyclic) bond motifs is 1. The van der Waals surface area contributed by atoms with Crippen LogP contribution in [-0.2, 0) is 14.3 Å². The maximum Gasteiger partial charge on any atom is 0.304 e. The van der Waals surface area contributed by atoms with Crippen molar-refractivity contribution in [3.05, 3.63) is 29.8 Å². The van der Waals surface area contributed by atoms with Gasteiger partial charge in [0.1, 0.15) is 0 Å². The summed E-state index contributed by atoms with van der Waals surface area (Å²) in [6, 6.07) is 7.49. The number of rotatable bonds is 5. The molecule has 0 aliphatic carbocycles. The fourth-order valence-corrected chi connectivity index (χ4v) is 2.44. The van der Waals surface area contributed by atoms with E-state index in [4.69, 9.17) is 9.84 Å². The van der Waals surface area contributed by atoms with Gasteiger partial charge < -0.3 is 14.7 Å². The second-order valence-electron chi connectivity index (χ2n) is 4.60. The Morgan fingerprint density at radius 1 is 1.42 bits per heavy atom. The molecule has 1 unspecified atom stereocenters. The SMILES string of the molecule is COCCC(=O)N1CC(CC(=O)O)c2ccccc21. The molecule has 1 atom stereocenters. The highest BCUT2D eigenvalue weighted by atomic mass is 16.5. The summed E-state index contributed by atoms with van der Waals surface area (Å²) in [6.45, 7) is 0.815. The van der Waals surface area contributed by atoms with Crippen molar-refractivity contribution in [3.8, 4) is 0 Å². The number of carboxylic acid groups (broad SMARTS) is 1. The highest BCUT2D eigenvalue weighted by Crippen LogP contribution is 2.38. The Morgan fingerprint density at radius 3 is 2.84 bits per heavy atom. The molecule has 0 radical (unpaired) electrons. The summed E-state index contributed by atoms with van der Waals surface area (Å²) in [7, 11) is 1.55. The summed E-state index contributed by atoms with van der Waals surface area (Å²) in [5.41, 5.74) is 1.77. The molecule has 102 valence electrons. The number of aliphatic carboxylic acids is 1. The monoisotopic (exact) mass is 263 g/mol. The smallest absolute Gasteiger partial charge is 0.304 e. The van der Waals surface area contributed by atoms with Crippen LogP contribution >= 0.6 is 0 Å². The Labute approximate surface area is 111 Å². The van der Waals surface area contributed by atoms with Crippen LogP contribution in [0.1, 0.15) is 24.3 Å². The summed E-state index contributed by atoms with van der Waals surface area (Å²) < 4.78 is 4.91. The fraction of sp³-hybridized carbons (Fsp3) is 0.429. The predicted molar refractivity (Wildman–Crippen MR) is 70.3 cm³/mol. The number of para-hydroxylation sites is 1. The third kappa shape index (κ3) is 2.93. The molecule has 5 heteroatoms. The number of anilines is 1. The van der Waals surface area contributed by atoms with Gasteiger partial charge in [0.25, 0.3) is 0 Å². The maximum absolute atomic E-state index is 12.1. The van der Waals surface area contributed by atoms with Crippen LogP contribution in [0.2, 0.25) is 0 Å². The molecule has 1 aliphatic rings. The van der Waals surface area contributed by atoms with Crippen LogP contribution < -0.4 is 4.90 Å². The Hall–Kier alpha value is -1.88. The van der Waals surface area contributed by atoms with Gasteiger partial charge in [-0.1, -0.05) is 18.2 Å². The van der Waals surface area contributed by atoms with Crippen molar-refractivity contribution in [2.75, 3.05) is 25.2 Å². The minimum absolute atomic E-state index is 0.0258. The molecule has 1 aromatic carbocycles. The maximum atomic E-state index is 12.1. The first-order chi connectivity index (χ1) is 9.13. The first kappa shape index (κ1) is 13.5. The van der Waals surface area contributed by atoms with Crippen molar-refractivity contribution in [2.45, 2.75) is 18.8 Å². The Balaban J connectivity index is 2.20. The van der Waals surface area contributed by atoms with Crippen molar-refractivity contribution in [3.63, 3.8) is 0 Å². The van der Waals surface area contributed by atoms with E-state index in [1.165, 1.54) is 0 Å². The van der Waals surface area contributed by atoms with E-state index in [0.717, 1.165) is 11.3 Å². The molecule has 2 rings (SSSR count). The van der Waals surface area contributed by atoms with Gasteiger partial charge in [0, 0.05) is 25.3 Å². The molecule has 1 heterocycles. The number of hydrogen-bond donors (Lipinski definition) is 1. The lowest BCUT2D eigenvalue weighted by Crippen LogP contribution is -2.30. The number of carboxylic acids is 1. The third-order valence-electron chi connectivity index (χ3n) is 3.31. The van der Waals surface area contributed by atoms with Gasteiger partial charge in [-0.3, -0.25) is 9.59 Å². The van der Waals surface area contributed by atoms with Crippen LogP contribution in [0, 0.1) is 0 Å². The lowest BCUT2D eigenvalue weighted by molar-refractivity contribution is -0.137. The first-order valence-electron chi connectivity index (χ1n) is 6.23. The minimum atomic E-state index is -0.842. The highest BCUT2D eigenvalue weighted by Gasteiger charge is 2.32. The molecule has 0 saturated carbocycles. The van der Waals surface area contributed by atoms with Crippen LogP contribution in [0.4, 0.5) is 5.69 Å². The second kappa shape index (κ2) is 5.84. The van der Waals surface area contributed by atoms with Gasteiger partial charge in [-0.15, -0.1) is 0 Å². The Morgan fingerprint density at radius 2 is 2.16 bits per heavy atom. The highest BCUT2D eigenvalue weighted by molar-refractivity contribution is 5.96. The average Bonchev–Trinajstić information content (AvgIpc) is 2.75. The van der Waals surface area contributed by atoms with E-state index in [9.17, 15) is 9.59 Å². The lowest BCUT2D eigenvalue weighted by atomic mass is 9.98. The van der Waals surface area contributed by atoms with Crippen LogP contribution in [0.5, 0.6) is 0 Å². The van der Waals surface area contributed by atoms with Crippen molar-refractivity contribution < 1.29 is 19.4 Å². The third-order valence-corrected chi connectivity index (χ3v) is 3.31. The molecule has 5 nitrogen and oxygen atoms in total. The largest absolute Gasteiger partial charge is 0.481 e. The molecule has 0 aromatic heterocycles. The van der Waals surface area contributed by atoms with Crippen LogP contribution in [0.25, 0.3) is 0 Å². The van der Waals surface area contributed by atoms with Gasteiger partial charge in [-0.25, -0.2) is 0 Å². The van der Waals surface area contributed by atoms with Gasteiger partial charge in [-0.05, 0) is 11.6 Å². The molecule has 1 aliphatic heterocycles. The molecule has 1 aromatic rings. The van der Waals surface area contributed by atoms with Crippen molar-refractivity contribution in [2.24, 2.45) is 0 Å². The molecule has 0 spiro atoms. The summed E-state index contributed by atoms with van der Waals surface area (Å²) >= 11 is 0. The number of amides is 1. The van der Waals surface area contributed by atoms with E-state index in [2.05, 4.69) is 0 Å². The number of carbonyl (C=O) groups is 2. The van der Waals surface area contributed by atoms with Gasteiger partial charge in [-0.2, -0.15) is 0 Å². The Kier molecular flexibility index (Phi) is 4.16. The van der Waals surface area contributed by atoms with Crippen LogP contribution in [0.3, 0.4) is 0 Å². The second-order valence-corrected chi connectivity index (χ2v) is 4.60. The van der Waals surface area contributed by atoms with E-state index in [1.54, 1.807) is 12.0 Å². The normalized spacial score (nSPS) is 17.3. The molecular formula is C14H17NO4. The van der Waals surface area contributed by atoms with E-state index in [-0.39, 0.29) is 18.2 Å². The first-order valence-corrected chi connectivity index (χ1v) is 6.23. The molecule has 0 saturated heterocycles. The van der Waals surface area contributed by atoms with Gasteiger partial charge in [0.2, 0.25) is 5.91 Å². The Bertz CT molecular complexity index is 486. The van der Waals surface area contributed by atoms with Crippen molar-refractivity contribution >= 4 is 17.6 Å². The van der Waals surface area contributed by atoms with Gasteiger partial charge in [0.05, 0.1) is 19.4 Å². The van der Waals surface area contributed by atoms with E-state index in [1.807, 2.05) is 24.3 Å². The summed E-state index contributed by atoms with van der Waals surface area (Å²) in [5.74, 6) is -0.992. The topological polar surface area (TPSA) is 66.8 Å². The number of ether oxygens (including phenoxy) is 1. The molecule has 0 bridgehead atoms. The molecule has 0 fully saturated rings. The van der Waals surface area contributed by atoms with Gasteiger partial charge in [0.15, 0.2) is 0 Å². The van der Waals surface area contributed by atoms with Gasteiger partial charge >= 0.3 is 5.97 Å². The zero-order valence-corrected chi connectivity index (χ0v) is 10.8. The van der Waals surface area contributed by atoms with E-state index >= 15 is 0 Å². The molecule has 1 N–H and O–H groups in total. The van der Waals surface area contributed by atoms with E-state index < -0.39 is 5.97 Å². The minimum Gasteiger partial charge on any atom is -0.481 e. The zero-order chi connectivity index (χ0) is 13.8. The van der Waals surface area contributed by atoms with Crippen molar-refractivity contribution in [1.82, 2.24) is 0 Å². The van der Waals surface area contributed by atoms with Crippen LogP contribution in [0.15, 0.2) is 24.3 Å². The number of nitrogens with zero attached hydrogens (tertiary/aromatic N) is 1. The predicted octanol–water partition coefficient (Wildman–Crippen LogP) is 1.63. The molecule has 19 heavy (non-hydrogen) atoms. The number of carbonyl (C=O) groups excluding carboxylic acids is 1. The average molecular weight is 263 g/mol. The summed E-state index contributed by atoms with van der Waals surface area (Å²) in [5, 5.41) is 8.94. The summed E-state index contributed by atoms with van der Waals surface area (Å²) in [4.78, 5) is 24.7. The van der Waals surface area contributed by atoms with E-state index in [0.29, 0.717) is 19.6 Å². The fourth-order valence-electron chi connectivity index (χ4n) is 2.44. The number of benzene rings is 1. The quantitative estimate of drug-likeness (QED) is 0.876. The molecule has 1 amide bonds. The number of methoxy groups -OCH3 is 1. The standard InChI is InChI=1S/C14H17NO4/c1-19-7-6-13(16)15-9-10(8-14(17)18)11-4-2-3-5-12(11)15/h2-5,10H,6-9H2,1H3,(H,17,18). The van der Waals surface area contributed by atoms with Crippen molar-refractivity contribution in [1.29, 1.82) is 0 Å².